The van der Waals surface area contributed by atoms with Gasteiger partial charge in [0.05, 0.1) is 18.0 Å². The van der Waals surface area contributed by atoms with Crippen molar-refractivity contribution in [3.63, 3.8) is 0 Å². The van der Waals surface area contributed by atoms with E-state index in [1.165, 1.54) is 0 Å². The molecule has 0 aliphatic carbocycles. The highest BCUT2D eigenvalue weighted by Gasteiger charge is 2.10. The lowest BCUT2D eigenvalue weighted by atomic mass is 10.4. The van der Waals surface area contributed by atoms with E-state index in [0.29, 0.717) is 11.4 Å². The Morgan fingerprint density at radius 2 is 2.40 bits per heavy atom. The monoisotopic (exact) mass is 276 g/mol. The Bertz CT molecular complexity index is 291. The van der Waals surface area contributed by atoms with Crippen molar-refractivity contribution in [1.82, 2.24) is 19.7 Å². The summed E-state index contributed by atoms with van der Waals surface area (Å²) in [6.45, 7) is 2.42. The van der Waals surface area contributed by atoms with Gasteiger partial charge in [-0.3, -0.25) is 9.58 Å². The molecule has 6 heteroatoms. The van der Waals surface area contributed by atoms with Gasteiger partial charge in [-0.2, -0.15) is 5.10 Å². The number of aromatic nitrogens is 3. The van der Waals surface area contributed by atoms with Crippen LogP contribution in [0.2, 0.25) is 0 Å². The molecule has 0 aliphatic heterocycles. The van der Waals surface area contributed by atoms with Crippen LogP contribution in [0.1, 0.15) is 5.82 Å². The molecule has 0 saturated heterocycles. The normalized spacial score (nSPS) is 13.4. The van der Waals surface area contributed by atoms with Gasteiger partial charge in [-0.15, -0.1) is 0 Å². The van der Waals surface area contributed by atoms with Gasteiger partial charge in [0.1, 0.15) is 12.2 Å². The summed E-state index contributed by atoms with van der Waals surface area (Å²) in [5.41, 5.74) is 0. The fourth-order valence-electron chi connectivity index (χ4n) is 1.34. The second-order valence-corrected chi connectivity index (χ2v) is 4.84. The van der Waals surface area contributed by atoms with E-state index in [2.05, 4.69) is 38.0 Å². The van der Waals surface area contributed by atoms with Crippen molar-refractivity contribution in [2.75, 3.05) is 27.3 Å². The largest absolute Gasteiger partial charge is 0.383 e. The summed E-state index contributed by atoms with van der Waals surface area (Å²) in [5.74, 6) is 0.967. The molecule has 1 rings (SSSR count). The molecule has 0 bridgehead atoms. The molecule has 1 heterocycles. The molecule has 1 unspecified atom stereocenters. The van der Waals surface area contributed by atoms with E-state index in [4.69, 9.17) is 4.74 Å². The number of aryl methyl sites for hydroxylation is 1. The van der Waals surface area contributed by atoms with Gasteiger partial charge in [0.25, 0.3) is 0 Å². The summed E-state index contributed by atoms with van der Waals surface area (Å²) in [4.78, 5) is 6.70. The maximum Gasteiger partial charge on any atom is 0.140 e. The zero-order chi connectivity index (χ0) is 11.3. The van der Waals surface area contributed by atoms with Crippen LogP contribution >= 0.6 is 15.9 Å². The van der Waals surface area contributed by atoms with Crippen molar-refractivity contribution in [1.29, 1.82) is 0 Å². The number of ether oxygens (including phenoxy) is 1. The molecule has 0 saturated carbocycles. The molecule has 0 amide bonds. The molecule has 0 spiro atoms. The Balaban J connectivity index is 2.36. The van der Waals surface area contributed by atoms with Crippen molar-refractivity contribution in [2.45, 2.75) is 11.4 Å². The number of alkyl halides is 1. The van der Waals surface area contributed by atoms with Crippen LogP contribution in [0, 0.1) is 0 Å². The molecule has 1 aromatic rings. The molecule has 0 aromatic carbocycles. The lowest BCUT2D eigenvalue weighted by Crippen LogP contribution is -2.29. The van der Waals surface area contributed by atoms with E-state index >= 15 is 0 Å². The van der Waals surface area contributed by atoms with Crippen LogP contribution in [-0.2, 0) is 18.3 Å². The number of hydrogen-bond donors (Lipinski definition) is 0. The average molecular weight is 277 g/mol. The Hall–Kier alpha value is -0.460. The van der Waals surface area contributed by atoms with Crippen LogP contribution in [0.3, 0.4) is 0 Å². The average Bonchev–Trinajstić information content (AvgIpc) is 2.52. The zero-order valence-electron chi connectivity index (χ0n) is 9.35. The van der Waals surface area contributed by atoms with Crippen LogP contribution < -0.4 is 0 Å². The minimum Gasteiger partial charge on any atom is -0.383 e. The summed E-state index contributed by atoms with van der Waals surface area (Å²) in [6.07, 6.45) is 1.57. The minimum absolute atomic E-state index is 0.348. The maximum atomic E-state index is 5.06. The van der Waals surface area contributed by atoms with Gasteiger partial charge in [0, 0.05) is 20.7 Å². The van der Waals surface area contributed by atoms with Crippen LogP contribution in [-0.4, -0.2) is 51.8 Å². The Morgan fingerprint density at radius 1 is 1.67 bits per heavy atom. The third-order valence-electron chi connectivity index (χ3n) is 2.07. The predicted octanol–water partition coefficient (Wildman–Crippen LogP) is 0.657. The fourth-order valence-corrected chi connectivity index (χ4v) is 2.10. The van der Waals surface area contributed by atoms with Gasteiger partial charge < -0.3 is 4.74 Å². The van der Waals surface area contributed by atoms with Gasteiger partial charge in [-0.25, -0.2) is 4.98 Å². The molecule has 0 fully saturated rings. The van der Waals surface area contributed by atoms with E-state index in [1.54, 1.807) is 18.1 Å². The lowest BCUT2D eigenvalue weighted by Gasteiger charge is -2.19. The van der Waals surface area contributed by atoms with Gasteiger partial charge in [0.15, 0.2) is 0 Å². The van der Waals surface area contributed by atoms with Crippen molar-refractivity contribution < 1.29 is 4.74 Å². The second-order valence-electron chi connectivity index (χ2n) is 3.55. The molecule has 0 aliphatic rings. The second kappa shape index (κ2) is 6.19. The number of nitrogens with zero attached hydrogens (tertiary/aromatic N) is 4. The van der Waals surface area contributed by atoms with E-state index in [-0.39, 0.29) is 0 Å². The lowest BCUT2D eigenvalue weighted by molar-refractivity contribution is 0.184. The van der Waals surface area contributed by atoms with Gasteiger partial charge in [-0.1, -0.05) is 15.9 Å². The van der Waals surface area contributed by atoms with E-state index < -0.39 is 0 Å². The van der Waals surface area contributed by atoms with Crippen molar-refractivity contribution >= 4 is 15.9 Å². The molecule has 1 atom stereocenters. The molecule has 5 nitrogen and oxygen atoms in total. The summed E-state index contributed by atoms with van der Waals surface area (Å²) in [6, 6.07) is 0. The minimum atomic E-state index is 0.348. The zero-order valence-corrected chi connectivity index (χ0v) is 10.9. The van der Waals surface area contributed by atoms with Crippen LogP contribution in [0.25, 0.3) is 0 Å². The predicted molar refractivity (Wildman–Crippen MR) is 61.9 cm³/mol. The van der Waals surface area contributed by atoms with Crippen LogP contribution in [0.5, 0.6) is 0 Å². The van der Waals surface area contributed by atoms with Crippen molar-refractivity contribution in [2.24, 2.45) is 7.05 Å². The third kappa shape index (κ3) is 4.27. The summed E-state index contributed by atoms with van der Waals surface area (Å²) < 4.78 is 6.84. The molecule has 0 N–H and O–H groups in total. The third-order valence-corrected chi connectivity index (χ3v) is 2.63. The number of hydrogen-bond acceptors (Lipinski definition) is 4. The fraction of sp³-hybridized carbons (Fsp3) is 0.778. The van der Waals surface area contributed by atoms with Gasteiger partial charge in [-0.05, 0) is 7.05 Å². The first-order chi connectivity index (χ1) is 7.13. The number of halogens is 1. The molecule has 0 radical (unpaired) electrons. The quantitative estimate of drug-likeness (QED) is 0.716. The summed E-state index contributed by atoms with van der Waals surface area (Å²) in [5, 5.41) is 4.03. The maximum absolute atomic E-state index is 5.06. The van der Waals surface area contributed by atoms with Crippen molar-refractivity contribution in [3.05, 3.63) is 12.2 Å². The first-order valence-corrected chi connectivity index (χ1v) is 5.69. The molecule has 86 valence electrons. The molecular weight excluding hydrogens is 260 g/mol. The smallest absolute Gasteiger partial charge is 0.140 e. The van der Waals surface area contributed by atoms with Gasteiger partial charge >= 0.3 is 0 Å². The highest BCUT2D eigenvalue weighted by molar-refractivity contribution is 9.09. The molecular formula is C9H17BrN4O. The van der Waals surface area contributed by atoms with E-state index in [1.807, 2.05) is 7.05 Å². The Labute approximate surface area is 98.6 Å². The van der Waals surface area contributed by atoms with E-state index in [0.717, 1.165) is 18.9 Å². The highest BCUT2D eigenvalue weighted by Crippen LogP contribution is 2.04. The Morgan fingerprint density at radius 3 is 2.93 bits per heavy atom. The molecule has 1 aromatic heterocycles. The van der Waals surface area contributed by atoms with Crippen molar-refractivity contribution in [3.8, 4) is 0 Å². The first-order valence-electron chi connectivity index (χ1n) is 4.78. The number of methoxy groups -OCH3 is 1. The number of rotatable bonds is 6. The summed E-state index contributed by atoms with van der Waals surface area (Å²) in [7, 11) is 5.66. The first kappa shape index (κ1) is 12.6. The van der Waals surface area contributed by atoms with Crippen LogP contribution in [0.4, 0.5) is 0 Å². The standard InChI is InChI=1S/C9H17BrN4O/c1-13(4-8(10)6-15-3)5-9-11-7-12-14(9)2/h7-8H,4-6H2,1-3H3. The van der Waals surface area contributed by atoms with E-state index in [9.17, 15) is 0 Å². The van der Waals surface area contributed by atoms with Gasteiger partial charge in [0.2, 0.25) is 0 Å². The highest BCUT2D eigenvalue weighted by atomic mass is 79.9. The van der Waals surface area contributed by atoms with Crippen LogP contribution in [0.15, 0.2) is 6.33 Å². The Kier molecular flexibility index (Phi) is 5.21. The topological polar surface area (TPSA) is 43.2 Å². The SMILES string of the molecule is COCC(Br)CN(C)Cc1ncnn1C. The molecule has 15 heavy (non-hydrogen) atoms. The summed E-state index contributed by atoms with van der Waals surface area (Å²) >= 11 is 3.55.